The van der Waals surface area contributed by atoms with E-state index >= 15 is 0 Å². The third kappa shape index (κ3) is 6.68. The van der Waals surface area contributed by atoms with E-state index in [-0.39, 0.29) is 11.9 Å². The Morgan fingerprint density at radius 2 is 1.88 bits per heavy atom. The summed E-state index contributed by atoms with van der Waals surface area (Å²) < 4.78 is 5.14. The maximum Gasteiger partial charge on any atom is 0.251 e. The van der Waals surface area contributed by atoms with Crippen molar-refractivity contribution >= 4 is 5.91 Å². The second kappa shape index (κ2) is 10.9. The van der Waals surface area contributed by atoms with E-state index < -0.39 is 0 Å². The van der Waals surface area contributed by atoms with Crippen molar-refractivity contribution in [3.63, 3.8) is 0 Å². The van der Waals surface area contributed by atoms with Crippen molar-refractivity contribution in [2.75, 3.05) is 7.11 Å². The van der Waals surface area contributed by atoms with Gasteiger partial charge in [0.1, 0.15) is 5.75 Å². The molecule has 0 radical (unpaired) electrons. The molecule has 2 aromatic rings. The minimum Gasteiger partial charge on any atom is -0.497 e. The molecule has 1 amide bonds. The fourth-order valence-electron chi connectivity index (χ4n) is 2.28. The molecule has 0 heterocycles. The van der Waals surface area contributed by atoms with Crippen LogP contribution in [0.1, 0.15) is 48.7 Å². The molecule has 1 unspecified atom stereocenters. The number of ether oxygens (including phenoxy) is 1. The summed E-state index contributed by atoms with van der Waals surface area (Å²) in [5.74, 6) is 0.691. The highest BCUT2D eigenvalue weighted by Gasteiger charge is 2.10. The molecule has 0 bridgehead atoms. The van der Waals surface area contributed by atoms with Gasteiger partial charge in [-0.3, -0.25) is 4.79 Å². The van der Waals surface area contributed by atoms with Gasteiger partial charge in [0.05, 0.1) is 18.7 Å². The first kappa shape index (κ1) is 20.2. The number of hydrogen-bond acceptors (Lipinski definition) is 3. The van der Waals surface area contributed by atoms with Crippen LogP contribution < -0.4 is 10.1 Å². The lowest BCUT2D eigenvalue weighted by atomic mass is 10.1. The van der Waals surface area contributed by atoms with Crippen molar-refractivity contribution in [2.24, 2.45) is 0 Å². The van der Waals surface area contributed by atoms with Crippen molar-refractivity contribution < 1.29 is 9.53 Å². The van der Waals surface area contributed by atoms with Crippen LogP contribution in [0.2, 0.25) is 0 Å². The Bertz CT molecular complexity index is 703. The zero-order valence-corrected chi connectivity index (χ0v) is 15.4. The first-order valence-corrected chi connectivity index (χ1v) is 8.56. The smallest absolute Gasteiger partial charge is 0.251 e. The molecule has 0 saturated heterocycles. The molecule has 0 aromatic heterocycles. The van der Waals surface area contributed by atoms with Crippen molar-refractivity contribution in [1.82, 2.24) is 5.32 Å². The van der Waals surface area contributed by atoms with Crippen LogP contribution in [0.15, 0.2) is 48.5 Å². The lowest BCUT2D eigenvalue weighted by Crippen LogP contribution is -2.32. The number of carbonyl (C=O) groups excluding carboxylic acids is 1. The van der Waals surface area contributed by atoms with Gasteiger partial charge in [0.2, 0.25) is 0 Å². The number of nitrogens with zero attached hydrogens (tertiary/aromatic N) is 1. The van der Waals surface area contributed by atoms with E-state index in [1.165, 1.54) is 5.56 Å². The van der Waals surface area contributed by atoms with Crippen molar-refractivity contribution in [3.05, 3.63) is 65.2 Å². The first-order chi connectivity index (χ1) is 12.1. The predicted octanol–water partition coefficient (Wildman–Crippen LogP) is 4.34. The average molecular weight is 338 g/mol. The highest BCUT2D eigenvalue weighted by atomic mass is 16.5. The third-order valence-corrected chi connectivity index (χ3v) is 3.66. The van der Waals surface area contributed by atoms with E-state index in [0.29, 0.717) is 11.1 Å². The SMILES string of the molecule is CC.COc1ccc(CCC(C)NC(=O)c2cccc(C#N)c2)cc1. The maximum absolute atomic E-state index is 12.2. The maximum atomic E-state index is 12.2. The first-order valence-electron chi connectivity index (χ1n) is 8.56. The number of aryl methyl sites for hydroxylation is 1. The Kier molecular flexibility index (Phi) is 8.81. The molecular formula is C21H26N2O2. The normalized spacial score (nSPS) is 10.7. The Balaban J connectivity index is 0.00000151. The highest BCUT2D eigenvalue weighted by molar-refractivity contribution is 5.94. The van der Waals surface area contributed by atoms with E-state index in [2.05, 4.69) is 5.32 Å². The summed E-state index contributed by atoms with van der Waals surface area (Å²) in [5, 5.41) is 11.8. The quantitative estimate of drug-likeness (QED) is 0.852. The topological polar surface area (TPSA) is 62.1 Å². The number of carbonyl (C=O) groups is 1. The number of nitrogens with one attached hydrogen (secondary N) is 1. The summed E-state index contributed by atoms with van der Waals surface area (Å²) in [6.45, 7) is 5.98. The van der Waals surface area contributed by atoms with E-state index in [4.69, 9.17) is 10.00 Å². The molecule has 1 atom stereocenters. The van der Waals surface area contributed by atoms with Gasteiger partial charge in [-0.1, -0.05) is 32.0 Å². The van der Waals surface area contributed by atoms with Crippen LogP contribution in [0.3, 0.4) is 0 Å². The minimum atomic E-state index is -0.149. The third-order valence-electron chi connectivity index (χ3n) is 3.66. The van der Waals surface area contributed by atoms with Crippen molar-refractivity contribution in [3.8, 4) is 11.8 Å². The van der Waals surface area contributed by atoms with Gasteiger partial charge in [-0.2, -0.15) is 5.26 Å². The molecule has 0 saturated carbocycles. The van der Waals surface area contributed by atoms with E-state index in [9.17, 15) is 4.79 Å². The molecule has 1 N–H and O–H groups in total. The molecular weight excluding hydrogens is 312 g/mol. The minimum absolute atomic E-state index is 0.0512. The van der Waals surface area contributed by atoms with E-state index in [0.717, 1.165) is 18.6 Å². The zero-order valence-electron chi connectivity index (χ0n) is 15.4. The van der Waals surface area contributed by atoms with E-state index in [1.807, 2.05) is 51.1 Å². The average Bonchev–Trinajstić information content (AvgIpc) is 2.68. The lowest BCUT2D eigenvalue weighted by Gasteiger charge is -2.14. The lowest BCUT2D eigenvalue weighted by molar-refractivity contribution is 0.0938. The Labute approximate surface area is 150 Å². The number of hydrogen-bond donors (Lipinski definition) is 1. The van der Waals surface area contributed by atoms with Gasteiger partial charge >= 0.3 is 0 Å². The number of amides is 1. The zero-order chi connectivity index (χ0) is 18.7. The van der Waals surface area contributed by atoms with Crippen LogP contribution in [-0.4, -0.2) is 19.1 Å². The summed E-state index contributed by atoms with van der Waals surface area (Å²) in [6, 6.07) is 16.7. The Hall–Kier alpha value is -2.80. The van der Waals surface area contributed by atoms with Gasteiger partial charge in [0.25, 0.3) is 5.91 Å². The van der Waals surface area contributed by atoms with Gasteiger partial charge in [0, 0.05) is 11.6 Å². The van der Waals surface area contributed by atoms with Crippen molar-refractivity contribution in [2.45, 2.75) is 39.7 Å². The Morgan fingerprint density at radius 3 is 2.48 bits per heavy atom. The number of benzene rings is 2. The fourth-order valence-corrected chi connectivity index (χ4v) is 2.28. The highest BCUT2D eigenvalue weighted by Crippen LogP contribution is 2.13. The van der Waals surface area contributed by atoms with Crippen LogP contribution in [0.25, 0.3) is 0 Å². The fraction of sp³-hybridized carbons (Fsp3) is 0.333. The van der Waals surface area contributed by atoms with Gasteiger partial charge in [-0.05, 0) is 55.7 Å². The molecule has 132 valence electrons. The van der Waals surface area contributed by atoms with E-state index in [1.54, 1.807) is 31.4 Å². The summed E-state index contributed by atoms with van der Waals surface area (Å²) >= 11 is 0. The van der Waals surface area contributed by atoms with Gasteiger partial charge < -0.3 is 10.1 Å². The summed E-state index contributed by atoms with van der Waals surface area (Å²) in [7, 11) is 1.65. The second-order valence-corrected chi connectivity index (χ2v) is 5.45. The molecule has 0 aliphatic carbocycles. The molecule has 0 spiro atoms. The van der Waals surface area contributed by atoms with Crippen LogP contribution in [0.5, 0.6) is 5.75 Å². The van der Waals surface area contributed by atoms with Crippen LogP contribution >= 0.6 is 0 Å². The molecule has 25 heavy (non-hydrogen) atoms. The van der Waals surface area contributed by atoms with Gasteiger partial charge in [-0.25, -0.2) is 0 Å². The summed E-state index contributed by atoms with van der Waals surface area (Å²) in [5.41, 5.74) is 2.21. The molecule has 0 aliphatic rings. The van der Waals surface area contributed by atoms with Crippen LogP contribution in [-0.2, 0) is 6.42 Å². The molecule has 2 aromatic carbocycles. The van der Waals surface area contributed by atoms with Crippen LogP contribution in [0, 0.1) is 11.3 Å². The Morgan fingerprint density at radius 1 is 1.20 bits per heavy atom. The largest absolute Gasteiger partial charge is 0.497 e. The molecule has 4 nitrogen and oxygen atoms in total. The standard InChI is InChI=1S/C19H20N2O2.C2H6/c1-14(6-7-15-8-10-18(23-2)11-9-15)21-19(22)17-5-3-4-16(12-17)13-20;1-2/h3-5,8-12,14H,6-7H2,1-2H3,(H,21,22);1-2H3. The summed E-state index contributed by atoms with van der Waals surface area (Å²) in [6.07, 6.45) is 1.72. The van der Waals surface area contributed by atoms with Crippen molar-refractivity contribution in [1.29, 1.82) is 5.26 Å². The number of rotatable bonds is 6. The number of nitriles is 1. The molecule has 2 rings (SSSR count). The summed E-state index contributed by atoms with van der Waals surface area (Å²) in [4.78, 5) is 12.2. The molecule has 0 aliphatic heterocycles. The molecule has 4 heteroatoms. The van der Waals surface area contributed by atoms with Crippen LogP contribution in [0.4, 0.5) is 0 Å². The monoisotopic (exact) mass is 338 g/mol. The second-order valence-electron chi connectivity index (χ2n) is 5.45. The van der Waals surface area contributed by atoms with Gasteiger partial charge in [-0.15, -0.1) is 0 Å². The molecule has 0 fully saturated rings. The van der Waals surface area contributed by atoms with Gasteiger partial charge in [0.15, 0.2) is 0 Å². The predicted molar refractivity (Wildman–Crippen MR) is 101 cm³/mol. The number of methoxy groups -OCH3 is 1.